The molecule has 0 saturated heterocycles. The maximum atomic E-state index is 12.1. The Morgan fingerprint density at radius 1 is 1.52 bits per heavy atom. The topological polar surface area (TPSA) is 49.0 Å². The normalized spacial score (nSPS) is 19.0. The minimum absolute atomic E-state index is 0.00672. The van der Waals surface area contributed by atoms with Crippen molar-refractivity contribution in [3.05, 3.63) is 24.0 Å². The summed E-state index contributed by atoms with van der Waals surface area (Å²) in [7, 11) is 0. The van der Waals surface area contributed by atoms with E-state index in [2.05, 4.69) is 22.9 Å². The number of alkyl halides is 1. The molecule has 0 bridgehead atoms. The predicted molar refractivity (Wildman–Crippen MR) is 80.7 cm³/mol. The lowest BCUT2D eigenvalue weighted by Crippen LogP contribution is -2.37. The van der Waals surface area contributed by atoms with Gasteiger partial charge in [0.25, 0.3) is 0 Å². The number of hydrogen-bond acceptors (Lipinski definition) is 2. The van der Waals surface area contributed by atoms with E-state index in [1.165, 1.54) is 18.5 Å². The molecule has 1 aromatic heterocycles. The van der Waals surface area contributed by atoms with Gasteiger partial charge in [-0.05, 0) is 37.8 Å². The third kappa shape index (κ3) is 3.24. The Labute approximate surface area is 130 Å². The zero-order valence-corrected chi connectivity index (χ0v) is 12.9. The molecule has 0 aliphatic heterocycles. The Morgan fingerprint density at radius 2 is 2.29 bits per heavy atom. The smallest absolute Gasteiger partial charge is 0.237 e. The molecule has 0 unspecified atom stereocenters. The molecule has 4 nitrogen and oxygen atoms in total. The zero-order valence-electron chi connectivity index (χ0n) is 12.1. The van der Waals surface area contributed by atoms with Gasteiger partial charge in [0.15, 0.2) is 0 Å². The van der Waals surface area contributed by atoms with Crippen molar-refractivity contribution in [2.75, 3.05) is 12.4 Å². The summed E-state index contributed by atoms with van der Waals surface area (Å²) >= 11 is 5.76. The van der Waals surface area contributed by atoms with Crippen LogP contribution in [0.1, 0.15) is 43.8 Å². The Kier molecular flexibility index (Phi) is 3.95. The second-order valence-corrected chi connectivity index (χ2v) is 6.62. The number of rotatable bonds is 7. The summed E-state index contributed by atoms with van der Waals surface area (Å²) in [5.74, 6) is -0.0308. The van der Waals surface area contributed by atoms with Gasteiger partial charge in [0.05, 0.1) is 12.6 Å². The van der Waals surface area contributed by atoms with Gasteiger partial charge in [-0.25, -0.2) is 0 Å². The Balaban J connectivity index is 1.72. The predicted octanol–water partition coefficient (Wildman–Crippen LogP) is 3.08. The molecule has 5 heteroatoms. The molecule has 0 radical (unpaired) electrons. The number of carbonyl (C=O) groups is 1. The van der Waals surface area contributed by atoms with Gasteiger partial charge < -0.3 is 9.47 Å². The molecular weight excluding hydrogens is 286 g/mol. The second kappa shape index (κ2) is 5.73. The molecule has 3 rings (SSSR count). The van der Waals surface area contributed by atoms with Crippen molar-refractivity contribution >= 4 is 17.5 Å². The highest BCUT2D eigenvalue weighted by Crippen LogP contribution is 2.49. The molecule has 2 aliphatic rings. The van der Waals surface area contributed by atoms with Crippen molar-refractivity contribution in [1.29, 1.82) is 5.26 Å². The average Bonchev–Trinajstić information content (AvgIpc) is 3.40. The number of nitriles is 1. The SMILES string of the molecule is N#CCC1(CN(Cc2cccn2C2CC2)C(=O)CCl)CC1. The maximum Gasteiger partial charge on any atom is 0.237 e. The van der Waals surface area contributed by atoms with Crippen molar-refractivity contribution in [3.8, 4) is 6.07 Å². The van der Waals surface area contributed by atoms with Crippen LogP contribution < -0.4 is 0 Å². The first kappa shape index (κ1) is 14.5. The van der Waals surface area contributed by atoms with Crippen LogP contribution in [0.15, 0.2) is 18.3 Å². The van der Waals surface area contributed by atoms with E-state index in [0.29, 0.717) is 25.6 Å². The van der Waals surface area contributed by atoms with Crippen LogP contribution in [0.5, 0.6) is 0 Å². The third-order valence-electron chi connectivity index (χ3n) is 4.56. The second-order valence-electron chi connectivity index (χ2n) is 6.36. The number of halogens is 1. The summed E-state index contributed by atoms with van der Waals surface area (Å²) in [5, 5.41) is 8.95. The van der Waals surface area contributed by atoms with E-state index < -0.39 is 0 Å². The zero-order chi connectivity index (χ0) is 14.9. The van der Waals surface area contributed by atoms with Crippen molar-refractivity contribution in [2.45, 2.75) is 44.7 Å². The van der Waals surface area contributed by atoms with Crippen molar-refractivity contribution < 1.29 is 4.79 Å². The fraction of sp³-hybridized carbons (Fsp3) is 0.625. The molecule has 1 aromatic rings. The van der Waals surface area contributed by atoms with Gasteiger partial charge in [-0.3, -0.25) is 4.79 Å². The molecule has 1 amide bonds. The minimum atomic E-state index is -0.0376. The van der Waals surface area contributed by atoms with Crippen LogP contribution in [-0.4, -0.2) is 27.8 Å². The molecule has 112 valence electrons. The van der Waals surface area contributed by atoms with Gasteiger partial charge in [-0.2, -0.15) is 5.26 Å². The lowest BCUT2D eigenvalue weighted by atomic mass is 10.0. The largest absolute Gasteiger partial charge is 0.347 e. The van der Waals surface area contributed by atoms with E-state index in [1.54, 1.807) is 0 Å². The average molecular weight is 306 g/mol. The van der Waals surface area contributed by atoms with Crippen molar-refractivity contribution in [3.63, 3.8) is 0 Å². The van der Waals surface area contributed by atoms with Crippen LogP contribution >= 0.6 is 11.6 Å². The molecular formula is C16H20ClN3O. The van der Waals surface area contributed by atoms with Crippen LogP contribution in [0, 0.1) is 16.7 Å². The molecule has 2 fully saturated rings. The van der Waals surface area contributed by atoms with Gasteiger partial charge in [-0.1, -0.05) is 0 Å². The number of hydrogen-bond donors (Lipinski definition) is 0. The van der Waals surface area contributed by atoms with E-state index in [0.717, 1.165) is 12.8 Å². The summed E-state index contributed by atoms with van der Waals surface area (Å²) in [6.07, 6.45) is 7.15. The minimum Gasteiger partial charge on any atom is -0.347 e. The Bertz CT molecular complexity index is 566. The van der Waals surface area contributed by atoms with Crippen LogP contribution in [0.4, 0.5) is 0 Å². The van der Waals surface area contributed by atoms with Crippen LogP contribution in [0.3, 0.4) is 0 Å². The Morgan fingerprint density at radius 3 is 2.86 bits per heavy atom. The number of amides is 1. The summed E-state index contributed by atoms with van der Waals surface area (Å²) in [6, 6.07) is 6.98. The van der Waals surface area contributed by atoms with Crippen LogP contribution in [-0.2, 0) is 11.3 Å². The number of nitrogens with zero attached hydrogens (tertiary/aromatic N) is 3. The van der Waals surface area contributed by atoms with Crippen LogP contribution in [0.2, 0.25) is 0 Å². The maximum absolute atomic E-state index is 12.1. The first-order valence-corrected chi connectivity index (χ1v) is 8.07. The quantitative estimate of drug-likeness (QED) is 0.727. The van der Waals surface area contributed by atoms with Crippen LogP contribution in [0.25, 0.3) is 0 Å². The Hall–Kier alpha value is -1.47. The molecule has 0 atom stereocenters. The summed E-state index contributed by atoms with van der Waals surface area (Å²) in [4.78, 5) is 14.0. The van der Waals surface area contributed by atoms with E-state index in [9.17, 15) is 4.79 Å². The van der Waals surface area contributed by atoms with Gasteiger partial charge in [0.2, 0.25) is 5.91 Å². The molecule has 0 aromatic carbocycles. The highest BCUT2D eigenvalue weighted by molar-refractivity contribution is 6.27. The van der Waals surface area contributed by atoms with Crippen molar-refractivity contribution in [1.82, 2.24) is 9.47 Å². The highest BCUT2D eigenvalue weighted by atomic mass is 35.5. The molecule has 2 aliphatic carbocycles. The lowest BCUT2D eigenvalue weighted by molar-refractivity contribution is -0.130. The molecule has 1 heterocycles. The van der Waals surface area contributed by atoms with Crippen molar-refractivity contribution in [2.24, 2.45) is 5.41 Å². The standard InChI is InChI=1S/C16H20ClN3O/c17-10-15(21)19(12-16(5-6-16)7-8-18)11-14-2-1-9-20(14)13-3-4-13/h1-2,9,13H,3-7,10-12H2. The third-order valence-corrected chi connectivity index (χ3v) is 4.79. The lowest BCUT2D eigenvalue weighted by Gasteiger charge is -2.26. The first-order chi connectivity index (χ1) is 10.2. The van der Waals surface area contributed by atoms with E-state index in [1.807, 2.05) is 11.0 Å². The molecule has 0 spiro atoms. The summed E-state index contributed by atoms with van der Waals surface area (Å²) in [6.45, 7) is 1.25. The van der Waals surface area contributed by atoms with E-state index in [4.69, 9.17) is 16.9 Å². The fourth-order valence-electron chi connectivity index (χ4n) is 2.92. The summed E-state index contributed by atoms with van der Waals surface area (Å²) < 4.78 is 2.28. The van der Waals surface area contributed by atoms with Gasteiger partial charge in [0.1, 0.15) is 5.88 Å². The van der Waals surface area contributed by atoms with Gasteiger partial charge >= 0.3 is 0 Å². The highest BCUT2D eigenvalue weighted by Gasteiger charge is 2.44. The number of carbonyl (C=O) groups excluding carboxylic acids is 1. The fourth-order valence-corrected chi connectivity index (χ4v) is 3.09. The van der Waals surface area contributed by atoms with Gasteiger partial charge in [-0.15, -0.1) is 11.6 Å². The first-order valence-electron chi connectivity index (χ1n) is 7.54. The monoisotopic (exact) mass is 305 g/mol. The van der Waals surface area contributed by atoms with Gasteiger partial charge in [0, 0.05) is 36.3 Å². The summed E-state index contributed by atoms with van der Waals surface area (Å²) in [5.41, 5.74) is 1.19. The number of aromatic nitrogens is 1. The van der Waals surface area contributed by atoms with E-state index >= 15 is 0 Å². The molecule has 21 heavy (non-hydrogen) atoms. The molecule has 2 saturated carbocycles. The van der Waals surface area contributed by atoms with E-state index in [-0.39, 0.29) is 17.2 Å². The molecule has 0 N–H and O–H groups in total.